The topological polar surface area (TPSA) is 118 Å². The van der Waals surface area contributed by atoms with Gasteiger partial charge in [0, 0.05) is 74.4 Å². The van der Waals surface area contributed by atoms with E-state index in [-0.39, 0.29) is 35.5 Å². The van der Waals surface area contributed by atoms with E-state index in [2.05, 4.69) is 31.9 Å². The largest absolute Gasteiger partial charge is 0.488 e. The van der Waals surface area contributed by atoms with Crippen LogP contribution in [-0.2, 0) is 0 Å². The lowest BCUT2D eigenvalue weighted by atomic mass is 9.98. The molecule has 11 nitrogen and oxygen atoms in total. The second-order valence-corrected chi connectivity index (χ2v) is 12.5. The first-order valence-corrected chi connectivity index (χ1v) is 15.5. The second kappa shape index (κ2) is 10.3. The second-order valence-electron chi connectivity index (χ2n) is 12.1. The van der Waals surface area contributed by atoms with Crippen LogP contribution in [0.5, 0.6) is 5.75 Å². The Balaban J connectivity index is 1.31. The smallest absolute Gasteiger partial charge is 0.350 e. The van der Waals surface area contributed by atoms with Crippen LogP contribution in [0.3, 0.4) is 0 Å². The molecule has 6 heterocycles. The zero-order chi connectivity index (χ0) is 29.4. The predicted molar refractivity (Wildman–Crippen MR) is 164 cm³/mol. The Hall–Kier alpha value is -3.45. The lowest BCUT2D eigenvalue weighted by molar-refractivity contribution is 0.106. The molecule has 3 saturated heterocycles. The Morgan fingerprint density at radius 2 is 1.86 bits per heavy atom. The Labute approximate surface area is 252 Å². The fourth-order valence-corrected chi connectivity index (χ4v) is 7.73. The molecular weight excluding hydrogens is 575 g/mol. The van der Waals surface area contributed by atoms with E-state index in [4.69, 9.17) is 31.5 Å². The number of nitrogens with one attached hydrogen (secondary N) is 1. The number of benzene rings is 2. The first-order chi connectivity index (χ1) is 20.9. The molecule has 3 atom stereocenters. The van der Waals surface area contributed by atoms with Crippen molar-refractivity contribution in [3.63, 3.8) is 0 Å². The van der Waals surface area contributed by atoms with Gasteiger partial charge in [-0.15, -0.1) is 0 Å². The summed E-state index contributed by atoms with van der Waals surface area (Å²) in [5.41, 5.74) is 7.41. The number of hydrogen-bond acceptors (Lipinski definition) is 10. The van der Waals surface area contributed by atoms with Gasteiger partial charge in [-0.05, 0) is 37.6 Å². The summed E-state index contributed by atoms with van der Waals surface area (Å²) >= 11 is 7.06. The van der Waals surface area contributed by atoms with Crippen LogP contribution < -0.4 is 26.4 Å². The van der Waals surface area contributed by atoms with Gasteiger partial charge in [-0.1, -0.05) is 18.5 Å². The SMILES string of the molecule is CCN1CCN(C[C@H]2COc3c(-c4ccc(F)c5oc(N)nc45)c(Cl)cc4c(N5CC6CCC(C5)N6)nc(=O)n2c34)CC1. The molecule has 2 unspecified atom stereocenters. The minimum absolute atomic E-state index is 0.0534. The first-order valence-electron chi connectivity index (χ1n) is 15.1. The molecule has 0 amide bonds. The number of anilines is 2. The molecule has 3 N–H and O–H groups in total. The molecule has 13 heteroatoms. The molecule has 3 fully saturated rings. The van der Waals surface area contributed by atoms with Gasteiger partial charge in [-0.25, -0.2) is 9.18 Å². The molecule has 4 aromatic rings. The van der Waals surface area contributed by atoms with E-state index in [0.717, 1.165) is 64.0 Å². The third kappa shape index (κ3) is 4.45. The lowest BCUT2D eigenvalue weighted by Gasteiger charge is -2.38. The monoisotopic (exact) mass is 608 g/mol. The molecule has 0 saturated carbocycles. The maximum absolute atomic E-state index is 14.7. The molecule has 0 radical (unpaired) electrons. The van der Waals surface area contributed by atoms with Gasteiger partial charge in [-0.2, -0.15) is 9.97 Å². The molecule has 2 bridgehead atoms. The summed E-state index contributed by atoms with van der Waals surface area (Å²) in [7, 11) is 0. The van der Waals surface area contributed by atoms with E-state index >= 15 is 0 Å². The molecule has 2 aromatic heterocycles. The fraction of sp³-hybridized carbons (Fsp3) is 0.500. The van der Waals surface area contributed by atoms with Gasteiger partial charge >= 0.3 is 5.69 Å². The fourth-order valence-electron chi connectivity index (χ4n) is 7.44. The number of halogens is 2. The first kappa shape index (κ1) is 27.1. The zero-order valence-electron chi connectivity index (χ0n) is 24.0. The highest BCUT2D eigenvalue weighted by atomic mass is 35.5. The number of oxazole rings is 1. The van der Waals surface area contributed by atoms with E-state index in [1.807, 2.05) is 6.07 Å². The van der Waals surface area contributed by atoms with Gasteiger partial charge < -0.3 is 30.0 Å². The molecule has 2 aromatic carbocycles. The number of ether oxygens (including phenoxy) is 1. The number of nitrogen functional groups attached to an aromatic ring is 1. The maximum Gasteiger partial charge on any atom is 0.350 e. The van der Waals surface area contributed by atoms with Crippen molar-refractivity contribution >= 4 is 45.4 Å². The molecule has 0 aliphatic carbocycles. The predicted octanol–water partition coefficient (Wildman–Crippen LogP) is 3.09. The van der Waals surface area contributed by atoms with Gasteiger partial charge in [0.05, 0.1) is 16.6 Å². The van der Waals surface area contributed by atoms with E-state index in [0.29, 0.717) is 51.9 Å². The van der Waals surface area contributed by atoms with E-state index < -0.39 is 5.82 Å². The van der Waals surface area contributed by atoms with Crippen molar-refractivity contribution in [1.82, 2.24) is 29.7 Å². The zero-order valence-corrected chi connectivity index (χ0v) is 24.7. The van der Waals surface area contributed by atoms with Crippen molar-refractivity contribution in [1.29, 1.82) is 0 Å². The number of likely N-dealkylation sites (N-methyl/N-ethyl adjacent to an activating group) is 1. The lowest BCUT2D eigenvalue weighted by Crippen LogP contribution is -2.52. The summed E-state index contributed by atoms with van der Waals surface area (Å²) in [6, 6.07) is 5.10. The summed E-state index contributed by atoms with van der Waals surface area (Å²) in [6.45, 7) is 9.53. The third-order valence-corrected chi connectivity index (χ3v) is 9.86. The highest BCUT2D eigenvalue weighted by Gasteiger charge is 2.37. The van der Waals surface area contributed by atoms with Crippen LogP contribution >= 0.6 is 11.6 Å². The van der Waals surface area contributed by atoms with Crippen molar-refractivity contribution in [2.45, 2.75) is 37.9 Å². The summed E-state index contributed by atoms with van der Waals surface area (Å²) in [4.78, 5) is 30.1. The Kier molecular flexibility index (Phi) is 6.51. The van der Waals surface area contributed by atoms with Crippen LogP contribution in [0.2, 0.25) is 5.02 Å². The average Bonchev–Trinajstić information content (AvgIpc) is 3.57. The van der Waals surface area contributed by atoms with E-state index in [1.54, 1.807) is 10.6 Å². The Morgan fingerprint density at radius 3 is 2.60 bits per heavy atom. The molecule has 4 aliphatic heterocycles. The Bertz CT molecular complexity index is 1790. The number of piperazine rings is 2. The minimum atomic E-state index is -0.575. The number of nitrogens with two attached hydrogens (primary N) is 1. The van der Waals surface area contributed by atoms with Crippen molar-refractivity contribution in [2.75, 3.05) is 69.6 Å². The van der Waals surface area contributed by atoms with Crippen LogP contribution in [0.4, 0.5) is 16.2 Å². The van der Waals surface area contributed by atoms with Crippen LogP contribution in [-0.4, -0.2) is 95.4 Å². The molecule has 8 rings (SSSR count). The normalized spacial score (nSPS) is 24.3. The summed E-state index contributed by atoms with van der Waals surface area (Å²) in [5.74, 6) is 0.511. The minimum Gasteiger partial charge on any atom is -0.488 e. The number of rotatable bonds is 5. The number of fused-ring (bicyclic) bond motifs is 3. The Morgan fingerprint density at radius 1 is 1.12 bits per heavy atom. The average molecular weight is 609 g/mol. The summed E-state index contributed by atoms with van der Waals surface area (Å²) in [6.07, 6.45) is 2.20. The summed E-state index contributed by atoms with van der Waals surface area (Å²) < 4.78 is 28.4. The van der Waals surface area contributed by atoms with Crippen molar-refractivity contribution in [3.8, 4) is 16.9 Å². The van der Waals surface area contributed by atoms with Crippen LogP contribution in [0, 0.1) is 5.82 Å². The molecule has 226 valence electrons. The number of aromatic nitrogens is 3. The van der Waals surface area contributed by atoms with E-state index in [9.17, 15) is 9.18 Å². The van der Waals surface area contributed by atoms with Gasteiger partial charge in [0.1, 0.15) is 17.9 Å². The van der Waals surface area contributed by atoms with Crippen molar-refractivity contribution in [3.05, 3.63) is 39.5 Å². The van der Waals surface area contributed by atoms with Gasteiger partial charge in [-0.3, -0.25) is 9.47 Å². The molecule has 0 spiro atoms. The highest BCUT2D eigenvalue weighted by molar-refractivity contribution is 6.35. The van der Waals surface area contributed by atoms with Gasteiger partial charge in [0.15, 0.2) is 17.1 Å². The molecule has 4 aliphatic rings. The standard InChI is InChI=1S/C30H34ClFN8O3/c1-2-37-7-9-38(10-8-37)14-18-15-42-27-23(19-5-6-22(32)26-24(19)35-29(33)43-26)21(31)11-20-25(27)40(18)30(41)36-28(20)39-12-16-3-4-17(13-39)34-16/h5-6,11,16-18,34H,2-4,7-10,12-15H2,1H3,(H2,33,35)/t16?,17?,18-/m0/s1. The molecular formula is C30H34ClFN8O3. The van der Waals surface area contributed by atoms with Gasteiger partial charge in [0.25, 0.3) is 6.01 Å². The van der Waals surface area contributed by atoms with Crippen LogP contribution in [0.15, 0.2) is 27.4 Å². The van der Waals surface area contributed by atoms with Crippen molar-refractivity contribution in [2.24, 2.45) is 0 Å². The maximum atomic E-state index is 14.7. The van der Waals surface area contributed by atoms with E-state index in [1.165, 1.54) is 6.07 Å². The third-order valence-electron chi connectivity index (χ3n) is 9.56. The van der Waals surface area contributed by atoms with Crippen molar-refractivity contribution < 1.29 is 13.5 Å². The van der Waals surface area contributed by atoms with Crippen LogP contribution in [0.25, 0.3) is 33.1 Å². The number of nitrogens with zero attached hydrogens (tertiary/aromatic N) is 6. The molecule has 43 heavy (non-hydrogen) atoms. The van der Waals surface area contributed by atoms with Gasteiger partial charge in [0.2, 0.25) is 0 Å². The number of hydrogen-bond donors (Lipinski definition) is 2. The summed E-state index contributed by atoms with van der Waals surface area (Å²) in [5, 5.41) is 4.81. The highest BCUT2D eigenvalue weighted by Crippen LogP contribution is 2.48. The van der Waals surface area contributed by atoms with Crippen LogP contribution in [0.1, 0.15) is 25.8 Å². The quantitative estimate of drug-likeness (QED) is 0.350.